The van der Waals surface area contributed by atoms with Crippen LogP contribution in [0.1, 0.15) is 17.7 Å². The van der Waals surface area contributed by atoms with Gasteiger partial charge in [-0.2, -0.15) is 0 Å². The van der Waals surface area contributed by atoms with E-state index in [1.54, 1.807) is 17.0 Å². The number of rotatable bonds is 9. The molecule has 1 aliphatic heterocycles. The van der Waals surface area contributed by atoms with E-state index in [0.717, 1.165) is 5.56 Å². The van der Waals surface area contributed by atoms with E-state index < -0.39 is 0 Å². The van der Waals surface area contributed by atoms with E-state index in [2.05, 4.69) is 20.6 Å². The first-order valence-corrected chi connectivity index (χ1v) is 10.3. The summed E-state index contributed by atoms with van der Waals surface area (Å²) in [5.74, 6) is 0.340. The summed E-state index contributed by atoms with van der Waals surface area (Å²) in [5.41, 5.74) is 7.04. The van der Waals surface area contributed by atoms with Crippen molar-refractivity contribution < 1.29 is 9.90 Å². The molecule has 2 aromatic rings. The maximum Gasteiger partial charge on any atom is 0.275 e. The lowest BCUT2D eigenvalue weighted by atomic mass is 10.1. The van der Waals surface area contributed by atoms with E-state index in [9.17, 15) is 9.59 Å². The minimum Gasteiger partial charge on any atom is -0.395 e. The van der Waals surface area contributed by atoms with Gasteiger partial charge in [-0.3, -0.25) is 14.6 Å². The van der Waals surface area contributed by atoms with Gasteiger partial charge in [0.2, 0.25) is 11.9 Å². The predicted octanol–water partition coefficient (Wildman–Crippen LogP) is 1.40. The van der Waals surface area contributed by atoms with Gasteiger partial charge >= 0.3 is 0 Å². The summed E-state index contributed by atoms with van der Waals surface area (Å²) in [4.78, 5) is 33.2. The molecule has 11 heteroatoms. The molecule has 1 saturated heterocycles. The zero-order valence-electron chi connectivity index (χ0n) is 16.3. The second-order valence-electron chi connectivity index (χ2n) is 7.06. The molecule has 6 N–H and O–H groups in total. The van der Waals surface area contributed by atoms with Crippen molar-refractivity contribution in [2.75, 3.05) is 36.9 Å². The van der Waals surface area contributed by atoms with Crippen LogP contribution < -0.4 is 21.9 Å². The average Bonchev–Trinajstić information content (AvgIpc) is 3.07. The second kappa shape index (κ2) is 10.1. The van der Waals surface area contributed by atoms with Gasteiger partial charge in [-0.15, -0.1) is 0 Å². The Balaban J connectivity index is 1.64. The number of carbonyl (C=O) groups is 1. The lowest BCUT2D eigenvalue weighted by Crippen LogP contribution is -2.29. The quantitative estimate of drug-likeness (QED) is 0.386. The molecule has 1 aliphatic rings. The third kappa shape index (κ3) is 5.42. The Labute approximate surface area is 183 Å². The number of anilines is 2. The van der Waals surface area contributed by atoms with E-state index >= 15 is 0 Å². The third-order valence-corrected chi connectivity index (χ3v) is 5.60. The standard InChI is InChI=1S/C19H24Cl2N6O3/c20-13-2-1-11(5-14(13)21)8-24-19-25-15(7-22)17(18(30)26-19)23-9-12-6-16(29)27(10-12)3-4-28/h1-2,5,12,23,28H,3-4,6-10,22H2,(H2,24,25,26,30). The first kappa shape index (κ1) is 22.4. The van der Waals surface area contributed by atoms with Gasteiger partial charge in [0.1, 0.15) is 5.69 Å². The van der Waals surface area contributed by atoms with Crippen molar-refractivity contribution in [2.24, 2.45) is 11.7 Å². The first-order chi connectivity index (χ1) is 14.4. The van der Waals surface area contributed by atoms with Crippen LogP contribution in [0.4, 0.5) is 11.6 Å². The fourth-order valence-electron chi connectivity index (χ4n) is 3.34. The first-order valence-electron chi connectivity index (χ1n) is 9.54. The van der Waals surface area contributed by atoms with E-state index in [-0.39, 0.29) is 30.5 Å². The number of hydrogen-bond acceptors (Lipinski definition) is 7. The summed E-state index contributed by atoms with van der Waals surface area (Å²) in [6, 6.07) is 5.25. The van der Waals surface area contributed by atoms with E-state index in [1.165, 1.54) is 0 Å². The van der Waals surface area contributed by atoms with Crippen LogP contribution >= 0.6 is 23.2 Å². The lowest BCUT2D eigenvalue weighted by molar-refractivity contribution is -0.128. The highest BCUT2D eigenvalue weighted by Crippen LogP contribution is 2.23. The number of likely N-dealkylation sites (tertiary alicyclic amines) is 1. The number of halogens is 2. The number of nitrogens with zero attached hydrogens (tertiary/aromatic N) is 2. The number of H-pyrrole nitrogens is 1. The number of aromatic amines is 1. The number of β-amino-alcohol motifs (C(OH)–C–C–N with tert-alkyl or cyclic N) is 1. The molecule has 1 amide bonds. The Morgan fingerprint density at radius 1 is 1.27 bits per heavy atom. The van der Waals surface area contributed by atoms with Gasteiger partial charge in [0.25, 0.3) is 5.56 Å². The zero-order chi connectivity index (χ0) is 21.7. The molecular formula is C19H24Cl2N6O3. The minimum atomic E-state index is -0.348. The summed E-state index contributed by atoms with van der Waals surface area (Å²) < 4.78 is 0. The molecule has 1 atom stereocenters. The van der Waals surface area contributed by atoms with Crippen LogP contribution in [0, 0.1) is 5.92 Å². The van der Waals surface area contributed by atoms with Crippen molar-refractivity contribution >= 4 is 40.7 Å². The summed E-state index contributed by atoms with van der Waals surface area (Å²) >= 11 is 11.9. The van der Waals surface area contributed by atoms with Gasteiger partial charge < -0.3 is 26.4 Å². The molecule has 3 rings (SSSR count). The third-order valence-electron chi connectivity index (χ3n) is 4.86. The van der Waals surface area contributed by atoms with E-state index in [1.807, 2.05) is 6.07 Å². The Hall–Kier alpha value is -2.33. The molecule has 1 unspecified atom stereocenters. The number of aliphatic hydroxyl groups is 1. The number of hydrogen-bond donors (Lipinski definition) is 5. The van der Waals surface area contributed by atoms with Gasteiger partial charge in [-0.25, -0.2) is 4.98 Å². The number of aliphatic hydroxyl groups excluding tert-OH is 1. The molecule has 1 aromatic carbocycles. The van der Waals surface area contributed by atoms with Gasteiger partial charge in [0, 0.05) is 45.1 Å². The smallest absolute Gasteiger partial charge is 0.275 e. The molecule has 0 spiro atoms. The molecule has 1 aromatic heterocycles. The molecule has 9 nitrogen and oxygen atoms in total. The maximum absolute atomic E-state index is 12.6. The van der Waals surface area contributed by atoms with Gasteiger partial charge in [-0.1, -0.05) is 29.3 Å². The van der Waals surface area contributed by atoms with Crippen LogP contribution in [0.5, 0.6) is 0 Å². The molecule has 0 radical (unpaired) electrons. The fraction of sp³-hybridized carbons (Fsp3) is 0.421. The highest BCUT2D eigenvalue weighted by atomic mass is 35.5. The average molecular weight is 455 g/mol. The molecule has 0 bridgehead atoms. The van der Waals surface area contributed by atoms with Crippen LogP contribution in [-0.4, -0.2) is 52.1 Å². The van der Waals surface area contributed by atoms with Gasteiger partial charge in [-0.05, 0) is 17.7 Å². The van der Waals surface area contributed by atoms with Crippen molar-refractivity contribution in [1.82, 2.24) is 14.9 Å². The molecule has 0 saturated carbocycles. The van der Waals surface area contributed by atoms with Crippen molar-refractivity contribution in [3.8, 4) is 0 Å². The van der Waals surface area contributed by atoms with Gasteiger partial charge in [0.15, 0.2) is 0 Å². The molecule has 1 fully saturated rings. The van der Waals surface area contributed by atoms with Crippen LogP contribution in [-0.2, 0) is 17.9 Å². The van der Waals surface area contributed by atoms with Gasteiger partial charge in [0.05, 0.1) is 22.3 Å². The van der Waals surface area contributed by atoms with E-state index in [4.69, 9.17) is 34.0 Å². The molecule has 2 heterocycles. The zero-order valence-corrected chi connectivity index (χ0v) is 17.8. The summed E-state index contributed by atoms with van der Waals surface area (Å²) in [6.45, 7) is 1.70. The minimum absolute atomic E-state index is 0.00350. The summed E-state index contributed by atoms with van der Waals surface area (Å²) in [6.07, 6.45) is 0.375. The summed E-state index contributed by atoms with van der Waals surface area (Å²) in [7, 11) is 0. The Morgan fingerprint density at radius 2 is 2.07 bits per heavy atom. The number of aromatic nitrogens is 2. The van der Waals surface area contributed by atoms with Crippen LogP contribution in [0.15, 0.2) is 23.0 Å². The topological polar surface area (TPSA) is 136 Å². The lowest BCUT2D eigenvalue weighted by Gasteiger charge is -2.16. The van der Waals surface area contributed by atoms with Crippen molar-refractivity contribution in [3.05, 3.63) is 49.9 Å². The Bertz CT molecular complexity index is 968. The number of amides is 1. The largest absolute Gasteiger partial charge is 0.395 e. The SMILES string of the molecule is NCc1nc(NCc2ccc(Cl)c(Cl)c2)[nH]c(=O)c1NCC1CC(=O)N(CCO)C1. The Morgan fingerprint density at radius 3 is 2.77 bits per heavy atom. The van der Waals surface area contributed by atoms with Crippen LogP contribution in [0.3, 0.4) is 0 Å². The van der Waals surface area contributed by atoms with Crippen LogP contribution in [0.25, 0.3) is 0 Å². The maximum atomic E-state index is 12.6. The molecular weight excluding hydrogens is 431 g/mol. The number of benzene rings is 1. The van der Waals surface area contributed by atoms with Crippen LogP contribution in [0.2, 0.25) is 10.0 Å². The Kier molecular flexibility index (Phi) is 7.54. The molecule has 0 aliphatic carbocycles. The van der Waals surface area contributed by atoms with Crippen molar-refractivity contribution in [1.29, 1.82) is 0 Å². The highest BCUT2D eigenvalue weighted by molar-refractivity contribution is 6.42. The predicted molar refractivity (Wildman–Crippen MR) is 117 cm³/mol. The van der Waals surface area contributed by atoms with E-state index in [0.29, 0.717) is 60.0 Å². The number of nitrogens with two attached hydrogens (primary N) is 1. The normalized spacial score (nSPS) is 16.2. The van der Waals surface area contributed by atoms with Crippen molar-refractivity contribution in [3.63, 3.8) is 0 Å². The summed E-state index contributed by atoms with van der Waals surface area (Å²) in [5, 5.41) is 16.1. The number of nitrogens with one attached hydrogen (secondary N) is 3. The molecule has 30 heavy (non-hydrogen) atoms. The second-order valence-corrected chi connectivity index (χ2v) is 7.87. The van der Waals surface area contributed by atoms with Crippen molar-refractivity contribution in [2.45, 2.75) is 19.5 Å². The fourth-order valence-corrected chi connectivity index (χ4v) is 3.66. The molecule has 162 valence electrons. The number of carbonyl (C=O) groups excluding carboxylic acids is 1. The highest BCUT2D eigenvalue weighted by Gasteiger charge is 2.29. The monoisotopic (exact) mass is 454 g/mol.